The summed E-state index contributed by atoms with van der Waals surface area (Å²) in [5.41, 5.74) is 1.22. The number of anilines is 1. The van der Waals surface area contributed by atoms with E-state index >= 15 is 0 Å². The number of carbonyl (C=O) groups excluding carboxylic acids is 1. The van der Waals surface area contributed by atoms with E-state index in [1.54, 1.807) is 42.5 Å². The second-order valence-electron chi connectivity index (χ2n) is 5.65. The molecule has 0 heterocycles. The van der Waals surface area contributed by atoms with Gasteiger partial charge in [0.15, 0.2) is 5.11 Å². The first-order chi connectivity index (χ1) is 11.4. The molecule has 24 heavy (non-hydrogen) atoms. The molecule has 0 fully saturated rings. The molecule has 0 atom stereocenters. The van der Waals surface area contributed by atoms with E-state index in [0.717, 1.165) is 5.75 Å². The number of halogens is 1. The van der Waals surface area contributed by atoms with E-state index < -0.39 is 0 Å². The van der Waals surface area contributed by atoms with Crippen LogP contribution in [-0.4, -0.2) is 17.6 Å². The van der Waals surface area contributed by atoms with Crippen LogP contribution in [0.15, 0.2) is 48.5 Å². The van der Waals surface area contributed by atoms with Crippen LogP contribution in [0.4, 0.5) is 5.69 Å². The molecule has 0 saturated carbocycles. The molecule has 2 aromatic rings. The van der Waals surface area contributed by atoms with Crippen LogP contribution >= 0.6 is 23.8 Å². The van der Waals surface area contributed by atoms with Crippen molar-refractivity contribution in [2.75, 3.05) is 11.9 Å². The maximum Gasteiger partial charge on any atom is 0.257 e. The molecule has 0 aliphatic carbocycles. The Labute approximate surface area is 152 Å². The van der Waals surface area contributed by atoms with Gasteiger partial charge >= 0.3 is 0 Å². The summed E-state index contributed by atoms with van der Waals surface area (Å²) in [6.07, 6.45) is 0. The third-order valence-corrected chi connectivity index (χ3v) is 3.45. The number of nitrogens with one attached hydrogen (secondary N) is 2. The highest BCUT2D eigenvalue weighted by atomic mass is 35.5. The smallest absolute Gasteiger partial charge is 0.257 e. The first-order valence-electron chi connectivity index (χ1n) is 7.55. The number of ether oxygens (including phenoxy) is 1. The molecular weight excluding hydrogens is 344 g/mol. The van der Waals surface area contributed by atoms with E-state index in [2.05, 4.69) is 24.5 Å². The number of amides is 1. The fraction of sp³-hybridized carbons (Fsp3) is 0.222. The largest absolute Gasteiger partial charge is 0.493 e. The lowest BCUT2D eigenvalue weighted by atomic mass is 10.2. The number of hydrogen-bond acceptors (Lipinski definition) is 3. The summed E-state index contributed by atoms with van der Waals surface area (Å²) in [6.45, 7) is 4.80. The van der Waals surface area contributed by atoms with Crippen molar-refractivity contribution in [2.45, 2.75) is 13.8 Å². The van der Waals surface area contributed by atoms with Gasteiger partial charge in [-0.25, -0.2) is 0 Å². The van der Waals surface area contributed by atoms with E-state index in [1.807, 2.05) is 6.07 Å². The highest BCUT2D eigenvalue weighted by Gasteiger charge is 2.08. The van der Waals surface area contributed by atoms with Gasteiger partial charge < -0.3 is 10.1 Å². The van der Waals surface area contributed by atoms with Crippen molar-refractivity contribution in [2.24, 2.45) is 5.92 Å². The molecule has 126 valence electrons. The first kappa shape index (κ1) is 18.2. The Morgan fingerprint density at radius 3 is 2.54 bits per heavy atom. The second kappa shape index (κ2) is 8.66. The van der Waals surface area contributed by atoms with E-state index in [1.165, 1.54) is 0 Å². The van der Waals surface area contributed by atoms with Gasteiger partial charge in [0.05, 0.1) is 6.61 Å². The normalized spacial score (nSPS) is 10.3. The van der Waals surface area contributed by atoms with Crippen LogP contribution in [0.25, 0.3) is 0 Å². The van der Waals surface area contributed by atoms with Crippen LogP contribution < -0.4 is 15.4 Å². The quantitative estimate of drug-likeness (QED) is 0.769. The summed E-state index contributed by atoms with van der Waals surface area (Å²) in [6, 6.07) is 14.0. The van der Waals surface area contributed by atoms with Crippen LogP contribution in [0, 0.1) is 5.92 Å². The van der Waals surface area contributed by atoms with E-state index in [-0.39, 0.29) is 11.0 Å². The third kappa shape index (κ3) is 5.83. The van der Waals surface area contributed by atoms with Crippen molar-refractivity contribution in [3.05, 3.63) is 59.1 Å². The number of benzene rings is 2. The van der Waals surface area contributed by atoms with E-state index in [4.69, 9.17) is 28.6 Å². The molecule has 1 amide bonds. The molecule has 2 aromatic carbocycles. The average Bonchev–Trinajstić information content (AvgIpc) is 2.53. The van der Waals surface area contributed by atoms with Gasteiger partial charge in [-0.3, -0.25) is 10.1 Å². The molecule has 0 aliphatic rings. The molecule has 0 aromatic heterocycles. The van der Waals surface area contributed by atoms with Crippen molar-refractivity contribution < 1.29 is 9.53 Å². The maximum atomic E-state index is 12.2. The Morgan fingerprint density at radius 1 is 1.21 bits per heavy atom. The first-order valence-corrected chi connectivity index (χ1v) is 8.33. The average molecular weight is 363 g/mol. The van der Waals surface area contributed by atoms with Crippen LogP contribution in [0.1, 0.15) is 24.2 Å². The Hall–Kier alpha value is -2.11. The topological polar surface area (TPSA) is 50.4 Å². The van der Waals surface area contributed by atoms with Crippen molar-refractivity contribution in [1.29, 1.82) is 0 Å². The molecule has 6 heteroatoms. The predicted octanol–water partition coefficient (Wildman–Crippen LogP) is 4.50. The standard InChI is InChI=1S/C18H19ClN2O2S/c1-12(2)11-23-16-8-6-13(7-9-16)17(22)21-18(24)20-15-5-3-4-14(19)10-15/h3-10,12H,11H2,1-2H3,(H2,20,21,22,24). The molecule has 0 unspecified atom stereocenters. The summed E-state index contributed by atoms with van der Waals surface area (Å²) >= 11 is 11.0. The van der Waals surface area contributed by atoms with Crippen LogP contribution in [0.2, 0.25) is 5.02 Å². The second-order valence-corrected chi connectivity index (χ2v) is 6.49. The Kier molecular flexibility index (Phi) is 6.58. The minimum Gasteiger partial charge on any atom is -0.493 e. The summed E-state index contributed by atoms with van der Waals surface area (Å²) in [4.78, 5) is 12.2. The van der Waals surface area contributed by atoms with Gasteiger partial charge in [0.2, 0.25) is 0 Å². The molecular formula is C18H19ClN2O2S. The molecule has 0 radical (unpaired) electrons. The lowest BCUT2D eigenvalue weighted by Crippen LogP contribution is -2.34. The lowest BCUT2D eigenvalue weighted by molar-refractivity contribution is 0.0977. The van der Waals surface area contributed by atoms with Crippen LogP contribution in [-0.2, 0) is 0 Å². The predicted molar refractivity (Wildman–Crippen MR) is 102 cm³/mol. The molecule has 0 bridgehead atoms. The van der Waals surface area contributed by atoms with E-state index in [9.17, 15) is 4.79 Å². The van der Waals surface area contributed by atoms with Crippen molar-refractivity contribution in [1.82, 2.24) is 5.32 Å². The third-order valence-electron chi connectivity index (χ3n) is 3.01. The number of thiocarbonyl (C=S) groups is 1. The highest BCUT2D eigenvalue weighted by Crippen LogP contribution is 2.15. The van der Waals surface area contributed by atoms with Gasteiger partial charge in [-0.2, -0.15) is 0 Å². The zero-order chi connectivity index (χ0) is 17.5. The number of rotatable bonds is 5. The SMILES string of the molecule is CC(C)COc1ccc(C(=O)NC(=S)Nc2cccc(Cl)c2)cc1. The molecule has 2 N–H and O–H groups in total. The fourth-order valence-electron chi connectivity index (χ4n) is 1.87. The van der Waals surface area contributed by atoms with Gasteiger partial charge in [0, 0.05) is 16.3 Å². The van der Waals surface area contributed by atoms with E-state index in [0.29, 0.717) is 28.8 Å². The minimum absolute atomic E-state index is 0.211. The fourth-order valence-corrected chi connectivity index (χ4v) is 2.27. The minimum atomic E-state index is -0.287. The highest BCUT2D eigenvalue weighted by molar-refractivity contribution is 7.80. The molecule has 2 rings (SSSR count). The van der Waals surface area contributed by atoms with Gasteiger partial charge in [-0.05, 0) is 60.6 Å². The molecule has 0 aliphatic heterocycles. The zero-order valence-corrected chi connectivity index (χ0v) is 15.1. The van der Waals surface area contributed by atoms with Crippen molar-refractivity contribution >= 4 is 40.5 Å². The van der Waals surface area contributed by atoms with Crippen molar-refractivity contribution in [3.63, 3.8) is 0 Å². The van der Waals surface area contributed by atoms with Gasteiger partial charge in [-0.1, -0.05) is 31.5 Å². The van der Waals surface area contributed by atoms with Crippen LogP contribution in [0.3, 0.4) is 0 Å². The van der Waals surface area contributed by atoms with Gasteiger partial charge in [-0.15, -0.1) is 0 Å². The van der Waals surface area contributed by atoms with Gasteiger partial charge in [0.1, 0.15) is 5.75 Å². The summed E-state index contributed by atoms with van der Waals surface area (Å²) < 4.78 is 5.59. The van der Waals surface area contributed by atoms with Gasteiger partial charge in [0.25, 0.3) is 5.91 Å². The Balaban J connectivity index is 1.90. The lowest BCUT2D eigenvalue weighted by Gasteiger charge is -2.11. The summed E-state index contributed by atoms with van der Waals surface area (Å²) in [5, 5.41) is 6.35. The number of hydrogen-bond donors (Lipinski definition) is 2. The molecule has 4 nitrogen and oxygen atoms in total. The summed E-state index contributed by atoms with van der Waals surface area (Å²) in [7, 11) is 0. The molecule has 0 spiro atoms. The monoisotopic (exact) mass is 362 g/mol. The number of carbonyl (C=O) groups is 1. The molecule has 0 saturated heterocycles. The Bertz CT molecular complexity index is 717. The van der Waals surface area contributed by atoms with Crippen LogP contribution in [0.5, 0.6) is 5.75 Å². The summed E-state index contributed by atoms with van der Waals surface area (Å²) in [5.74, 6) is 0.896. The Morgan fingerprint density at radius 2 is 1.92 bits per heavy atom. The maximum absolute atomic E-state index is 12.2. The van der Waals surface area contributed by atoms with Crippen molar-refractivity contribution in [3.8, 4) is 5.75 Å². The zero-order valence-electron chi connectivity index (χ0n) is 13.5.